The van der Waals surface area contributed by atoms with Gasteiger partial charge in [0.1, 0.15) is 42.7 Å². The maximum absolute atomic E-state index is 12.9. The molecule has 2 unspecified atom stereocenters. The Morgan fingerprint density at radius 1 is 0.898 bits per heavy atom. The molecule has 4 rings (SSSR count). The summed E-state index contributed by atoms with van der Waals surface area (Å²) < 4.78 is 29.3. The second kappa shape index (κ2) is 17.5. The van der Waals surface area contributed by atoms with Crippen LogP contribution in [0.5, 0.6) is 0 Å². The van der Waals surface area contributed by atoms with Gasteiger partial charge < -0.3 is 99.1 Å². The largest absolute Gasteiger partial charge is 0.394 e. The molecule has 284 valence electrons. The fourth-order valence-electron chi connectivity index (χ4n) is 6.79. The topological polar surface area (TPSA) is 385 Å². The van der Waals surface area contributed by atoms with Gasteiger partial charge in [-0.3, -0.25) is 9.79 Å². The third-order valence-corrected chi connectivity index (χ3v) is 9.67. The molecule has 21 nitrogen and oxygen atoms in total. The quantitative estimate of drug-likeness (QED) is 0.0623. The molecule has 4 aliphatic rings. The van der Waals surface area contributed by atoms with E-state index in [4.69, 9.17) is 58.1 Å². The van der Waals surface area contributed by atoms with E-state index in [2.05, 4.69) is 10.3 Å². The highest BCUT2D eigenvalue weighted by Gasteiger charge is 2.53. The van der Waals surface area contributed by atoms with Crippen molar-refractivity contribution in [3.63, 3.8) is 0 Å². The summed E-state index contributed by atoms with van der Waals surface area (Å²) in [5.41, 5.74) is 35.3. The number of hydrogen-bond donors (Lipinski definition) is 14. The van der Waals surface area contributed by atoms with Crippen molar-refractivity contribution in [3.8, 4) is 0 Å². The van der Waals surface area contributed by atoms with Crippen molar-refractivity contribution in [2.24, 2.45) is 45.3 Å². The van der Waals surface area contributed by atoms with E-state index >= 15 is 0 Å². The minimum Gasteiger partial charge on any atom is -0.394 e. The molecule has 4 fully saturated rings. The standard InChI is InChI=1S/C28H54N8O13/c29-6-9-3-14(39)18(31)16(46-9)4-10-11(30)5-12(36-25(44)13(38)1-2-35-28(33)34)20(41)23(10)48-27-22(43)24(17(7-37)47-27)49-26-19(32)21(42)15(40)8-45-26/h9-24,26-27,37-43H,1-8,29-32H2,(H,36,44)(H4,33,34,35)/t9-,10+,11-,12+,13-,14+,15+,16?,17?,18+,19+,20-,21-,22+,23-,24+,26+,27-/m0/s1. The van der Waals surface area contributed by atoms with E-state index in [1.54, 1.807) is 0 Å². The molecule has 0 bridgehead atoms. The summed E-state index contributed by atoms with van der Waals surface area (Å²) in [6.45, 7) is -0.862. The summed E-state index contributed by atoms with van der Waals surface area (Å²) in [6, 6.07) is -3.87. The van der Waals surface area contributed by atoms with E-state index in [0.29, 0.717) is 0 Å². The van der Waals surface area contributed by atoms with Gasteiger partial charge in [0.05, 0.1) is 55.8 Å². The highest BCUT2D eigenvalue weighted by Crippen LogP contribution is 2.37. The van der Waals surface area contributed by atoms with Crippen LogP contribution in [0.3, 0.4) is 0 Å². The Balaban J connectivity index is 1.54. The molecule has 18 atom stereocenters. The zero-order valence-electron chi connectivity index (χ0n) is 27.0. The molecule has 1 saturated carbocycles. The molecule has 0 spiro atoms. The number of hydrogen-bond acceptors (Lipinski definition) is 18. The van der Waals surface area contributed by atoms with E-state index in [0.717, 1.165) is 0 Å². The smallest absolute Gasteiger partial charge is 0.249 e. The number of nitrogens with one attached hydrogen (secondary N) is 1. The number of guanidine groups is 1. The number of amides is 1. The molecular formula is C28H54N8O13. The van der Waals surface area contributed by atoms with Crippen molar-refractivity contribution in [3.05, 3.63) is 0 Å². The van der Waals surface area contributed by atoms with Gasteiger partial charge >= 0.3 is 0 Å². The number of aliphatic hydroxyl groups is 7. The molecule has 3 heterocycles. The first-order chi connectivity index (χ1) is 23.2. The van der Waals surface area contributed by atoms with Crippen molar-refractivity contribution < 1.29 is 64.2 Å². The summed E-state index contributed by atoms with van der Waals surface area (Å²) >= 11 is 0. The number of rotatable bonds is 13. The van der Waals surface area contributed by atoms with E-state index in [-0.39, 0.29) is 51.3 Å². The van der Waals surface area contributed by atoms with Crippen molar-refractivity contribution in [1.82, 2.24) is 5.32 Å². The average Bonchev–Trinajstić information content (AvgIpc) is 3.36. The van der Waals surface area contributed by atoms with Crippen LogP contribution in [0.2, 0.25) is 0 Å². The van der Waals surface area contributed by atoms with Crippen LogP contribution in [0.15, 0.2) is 4.99 Å². The molecule has 0 radical (unpaired) electrons. The lowest BCUT2D eigenvalue weighted by molar-refractivity contribution is -0.257. The maximum atomic E-state index is 12.9. The second-order valence-corrected chi connectivity index (χ2v) is 13.2. The molecule has 1 amide bonds. The summed E-state index contributed by atoms with van der Waals surface area (Å²) in [7, 11) is 0. The Morgan fingerprint density at radius 2 is 1.59 bits per heavy atom. The van der Waals surface area contributed by atoms with Gasteiger partial charge in [-0.05, 0) is 12.8 Å². The Bertz CT molecular complexity index is 1100. The lowest BCUT2D eigenvalue weighted by Crippen LogP contribution is -2.64. The van der Waals surface area contributed by atoms with Crippen molar-refractivity contribution in [2.75, 3.05) is 26.3 Å². The van der Waals surface area contributed by atoms with Crippen LogP contribution in [-0.2, 0) is 28.5 Å². The Labute approximate surface area is 282 Å². The van der Waals surface area contributed by atoms with Crippen LogP contribution >= 0.6 is 0 Å². The zero-order chi connectivity index (χ0) is 36.2. The van der Waals surface area contributed by atoms with Crippen LogP contribution in [0.4, 0.5) is 0 Å². The first-order valence-corrected chi connectivity index (χ1v) is 16.4. The molecule has 0 aromatic carbocycles. The number of ether oxygens (including phenoxy) is 5. The first-order valence-electron chi connectivity index (χ1n) is 16.4. The Hall–Kier alpha value is -1.90. The molecule has 21 heteroatoms. The van der Waals surface area contributed by atoms with Gasteiger partial charge in [0.25, 0.3) is 0 Å². The monoisotopic (exact) mass is 710 g/mol. The summed E-state index contributed by atoms with van der Waals surface area (Å²) in [5.74, 6) is -1.80. The van der Waals surface area contributed by atoms with Crippen molar-refractivity contribution in [2.45, 2.75) is 130 Å². The SMILES string of the molecule is NC[C@@H]1C[C@@H](O)[C@@H](N)C(C[C@H]2[C@H](O[C@@H]3OC(CO)[C@@H](O[C@H]4OC[C@@H](O)[C@H](O)[C@H]4N)[C@H]3O)[C@@H](O)[C@H](NC(=O)[C@@H](O)CCN=C(N)N)C[C@@H]2N)O1. The van der Waals surface area contributed by atoms with Gasteiger partial charge in [0.2, 0.25) is 5.91 Å². The minimum absolute atomic E-state index is 0.0209. The fourth-order valence-corrected chi connectivity index (χ4v) is 6.79. The Kier molecular flexibility index (Phi) is 14.3. The van der Waals surface area contributed by atoms with Crippen LogP contribution in [0, 0.1) is 5.92 Å². The molecule has 3 aliphatic heterocycles. The third-order valence-electron chi connectivity index (χ3n) is 9.67. The van der Waals surface area contributed by atoms with Crippen molar-refractivity contribution >= 4 is 11.9 Å². The van der Waals surface area contributed by atoms with Gasteiger partial charge in [-0.15, -0.1) is 0 Å². The van der Waals surface area contributed by atoms with E-state index in [1.165, 1.54) is 0 Å². The average molecular weight is 711 g/mol. The molecule has 20 N–H and O–H groups in total. The third kappa shape index (κ3) is 9.51. The molecule has 3 saturated heterocycles. The van der Waals surface area contributed by atoms with Crippen LogP contribution < -0.4 is 39.7 Å². The normalized spacial score (nSPS) is 45.1. The molecular weight excluding hydrogens is 656 g/mol. The molecule has 0 aromatic rings. The zero-order valence-corrected chi connectivity index (χ0v) is 27.0. The maximum Gasteiger partial charge on any atom is 0.249 e. The predicted molar refractivity (Wildman–Crippen MR) is 167 cm³/mol. The van der Waals surface area contributed by atoms with E-state index in [9.17, 15) is 40.5 Å². The number of nitrogens with two attached hydrogens (primary N) is 6. The van der Waals surface area contributed by atoms with Gasteiger partial charge in [-0.1, -0.05) is 0 Å². The Morgan fingerprint density at radius 3 is 2.24 bits per heavy atom. The van der Waals surface area contributed by atoms with Gasteiger partial charge in [0.15, 0.2) is 18.5 Å². The van der Waals surface area contributed by atoms with Gasteiger partial charge in [-0.2, -0.15) is 0 Å². The lowest BCUT2D eigenvalue weighted by atomic mass is 9.73. The highest BCUT2D eigenvalue weighted by atomic mass is 16.7. The number of aliphatic imine (C=N–C) groups is 1. The van der Waals surface area contributed by atoms with Gasteiger partial charge in [0, 0.05) is 37.9 Å². The predicted octanol–water partition coefficient (Wildman–Crippen LogP) is -8.35. The molecule has 49 heavy (non-hydrogen) atoms. The van der Waals surface area contributed by atoms with Crippen LogP contribution in [0.1, 0.15) is 25.7 Å². The number of carbonyl (C=O) groups excluding carboxylic acids is 1. The lowest BCUT2D eigenvalue weighted by Gasteiger charge is -2.47. The minimum atomic E-state index is -1.61. The van der Waals surface area contributed by atoms with Crippen LogP contribution in [-0.4, -0.2) is 178 Å². The fraction of sp³-hybridized carbons (Fsp3) is 0.929. The van der Waals surface area contributed by atoms with Gasteiger partial charge in [-0.25, -0.2) is 0 Å². The number of carbonyl (C=O) groups is 1. The number of aliphatic hydroxyl groups excluding tert-OH is 7. The number of nitrogens with zero attached hydrogens (tertiary/aromatic N) is 1. The molecule has 0 aromatic heterocycles. The highest BCUT2D eigenvalue weighted by molar-refractivity contribution is 5.81. The summed E-state index contributed by atoms with van der Waals surface area (Å²) in [5, 5.41) is 76.6. The molecule has 1 aliphatic carbocycles. The summed E-state index contributed by atoms with van der Waals surface area (Å²) in [4.78, 5) is 16.6. The summed E-state index contributed by atoms with van der Waals surface area (Å²) in [6.07, 6.45) is -15.8. The van der Waals surface area contributed by atoms with Crippen molar-refractivity contribution in [1.29, 1.82) is 0 Å². The second-order valence-electron chi connectivity index (χ2n) is 13.2. The van der Waals surface area contributed by atoms with E-state index in [1.807, 2.05) is 0 Å². The van der Waals surface area contributed by atoms with Crippen LogP contribution in [0.25, 0.3) is 0 Å². The van der Waals surface area contributed by atoms with E-state index < -0.39 is 122 Å². The first kappa shape index (κ1) is 39.9.